The molecule has 3 fully saturated rings. The maximum atomic E-state index is 13.9. The number of halogens is 1. The second-order valence-electron chi connectivity index (χ2n) is 9.23. The predicted molar refractivity (Wildman–Crippen MR) is 122 cm³/mol. The van der Waals surface area contributed by atoms with Gasteiger partial charge in [-0.15, -0.1) is 0 Å². The highest BCUT2D eigenvalue weighted by atomic mass is 19.1. The van der Waals surface area contributed by atoms with Crippen LogP contribution in [0.5, 0.6) is 0 Å². The highest BCUT2D eigenvalue weighted by Gasteiger charge is 2.53. The van der Waals surface area contributed by atoms with E-state index in [1.54, 1.807) is 24.9 Å². The summed E-state index contributed by atoms with van der Waals surface area (Å²) in [5.74, 6) is -2.10. The number of piperazine rings is 1. The Morgan fingerprint density at radius 3 is 2.47 bits per heavy atom. The first kappa shape index (κ1) is 24.1. The lowest BCUT2D eigenvalue weighted by molar-refractivity contribution is -0.150. The van der Waals surface area contributed by atoms with Gasteiger partial charge >= 0.3 is 6.03 Å². The summed E-state index contributed by atoms with van der Waals surface area (Å²) in [6.45, 7) is 6.18. The maximum Gasteiger partial charge on any atom is 0.328 e. The van der Waals surface area contributed by atoms with Crippen molar-refractivity contribution in [2.45, 2.75) is 26.1 Å². The van der Waals surface area contributed by atoms with Gasteiger partial charge in [0.25, 0.3) is 0 Å². The Kier molecular flexibility index (Phi) is 6.85. The minimum Gasteiger partial charge on any atom is -0.340 e. The molecule has 4 unspecified atom stereocenters. The molecule has 0 spiro atoms. The Morgan fingerprint density at radius 1 is 1.15 bits per heavy atom. The van der Waals surface area contributed by atoms with Gasteiger partial charge in [0.1, 0.15) is 12.4 Å². The first-order valence-corrected chi connectivity index (χ1v) is 11.5. The fraction of sp³-hybridized carbons (Fsp3) is 0.565. The van der Waals surface area contributed by atoms with Crippen molar-refractivity contribution in [2.75, 3.05) is 51.6 Å². The summed E-state index contributed by atoms with van der Waals surface area (Å²) in [6, 6.07) is 5.00. The summed E-state index contributed by atoms with van der Waals surface area (Å²) in [5.41, 5.74) is -0.00943. The van der Waals surface area contributed by atoms with Crippen molar-refractivity contribution in [3.63, 3.8) is 0 Å². The average molecular weight is 475 g/mol. The predicted octanol–water partition coefficient (Wildman–Crippen LogP) is 0.373. The molecule has 4 rings (SSSR count). The zero-order valence-electron chi connectivity index (χ0n) is 19.7. The Labute approximate surface area is 198 Å². The number of carbonyl (C=O) groups excluding carboxylic acids is 4. The number of piperidine rings is 1. The van der Waals surface area contributed by atoms with Crippen molar-refractivity contribution >= 4 is 29.4 Å². The molecule has 5 amide bonds. The van der Waals surface area contributed by atoms with Gasteiger partial charge in [-0.2, -0.15) is 0 Å². The number of hydrogen-bond donors (Lipinski definition) is 2. The molecule has 1 aromatic rings. The van der Waals surface area contributed by atoms with E-state index < -0.39 is 42.3 Å². The number of urea groups is 1. The van der Waals surface area contributed by atoms with Crippen LogP contribution >= 0.6 is 0 Å². The fourth-order valence-electron chi connectivity index (χ4n) is 5.30. The van der Waals surface area contributed by atoms with E-state index in [4.69, 9.17) is 0 Å². The number of nitrogens with one attached hydrogen (secondary N) is 2. The highest BCUT2D eigenvalue weighted by molar-refractivity contribution is 6.04. The third-order valence-electron chi connectivity index (χ3n) is 7.07. The molecule has 34 heavy (non-hydrogen) atoms. The summed E-state index contributed by atoms with van der Waals surface area (Å²) >= 11 is 0. The molecule has 3 heterocycles. The van der Waals surface area contributed by atoms with E-state index in [2.05, 4.69) is 22.5 Å². The number of nitrogens with zero attached hydrogens (tertiary/aromatic N) is 4. The molecule has 4 atom stereocenters. The number of amides is 5. The maximum absolute atomic E-state index is 13.9. The standard InChI is InChI=1S/C23H31FN6O4/c1-14-12-25-21-19(20(14)29-10-8-28(9-11-29)15(2)31)22(33)30(23(34)27(21)3)13-18(32)26-17-7-5-4-6-16(17)24/h4-7,14,19-21,25H,8-13H2,1-3H3,(H,26,32). The molecular weight excluding hydrogens is 443 g/mol. The van der Waals surface area contributed by atoms with Gasteiger partial charge in [-0.3, -0.25) is 29.5 Å². The fourth-order valence-corrected chi connectivity index (χ4v) is 5.30. The van der Waals surface area contributed by atoms with E-state index in [0.717, 1.165) is 4.90 Å². The van der Waals surface area contributed by atoms with Gasteiger partial charge in [-0.25, -0.2) is 9.18 Å². The molecule has 0 aromatic heterocycles. The highest BCUT2D eigenvalue weighted by Crippen LogP contribution is 2.34. The van der Waals surface area contributed by atoms with Crippen LogP contribution in [-0.4, -0.2) is 102 Å². The Balaban J connectivity index is 1.53. The Hall–Kier alpha value is -3.05. The number of carbonyl (C=O) groups is 4. The van der Waals surface area contributed by atoms with Crippen molar-refractivity contribution < 1.29 is 23.6 Å². The van der Waals surface area contributed by atoms with Gasteiger partial charge in [-0.1, -0.05) is 19.1 Å². The van der Waals surface area contributed by atoms with Gasteiger partial charge in [0.05, 0.1) is 17.8 Å². The molecule has 184 valence electrons. The molecule has 1 aromatic carbocycles. The van der Waals surface area contributed by atoms with Crippen LogP contribution in [0.25, 0.3) is 0 Å². The molecule has 3 aliphatic heterocycles. The van der Waals surface area contributed by atoms with Gasteiger partial charge in [-0.05, 0) is 18.1 Å². The van der Waals surface area contributed by atoms with Crippen LogP contribution in [0.15, 0.2) is 24.3 Å². The number of anilines is 1. The Bertz CT molecular complexity index is 982. The first-order valence-electron chi connectivity index (χ1n) is 11.5. The first-order chi connectivity index (χ1) is 16.2. The lowest BCUT2D eigenvalue weighted by Crippen LogP contribution is -2.74. The summed E-state index contributed by atoms with van der Waals surface area (Å²) < 4.78 is 13.9. The topological polar surface area (TPSA) is 105 Å². The van der Waals surface area contributed by atoms with Crippen LogP contribution in [-0.2, 0) is 14.4 Å². The second kappa shape index (κ2) is 9.67. The molecule has 10 nitrogen and oxygen atoms in total. The van der Waals surface area contributed by atoms with Crippen molar-refractivity contribution in [1.82, 2.24) is 24.9 Å². The third kappa shape index (κ3) is 4.49. The van der Waals surface area contributed by atoms with Crippen molar-refractivity contribution in [2.24, 2.45) is 11.8 Å². The van der Waals surface area contributed by atoms with Crippen molar-refractivity contribution in [1.29, 1.82) is 0 Å². The number of para-hydroxylation sites is 1. The van der Waals surface area contributed by atoms with Crippen molar-refractivity contribution in [3.05, 3.63) is 30.1 Å². The summed E-state index contributed by atoms with van der Waals surface area (Å²) in [4.78, 5) is 57.4. The summed E-state index contributed by atoms with van der Waals surface area (Å²) in [7, 11) is 1.61. The molecular formula is C23H31FN6O4. The van der Waals surface area contributed by atoms with Gasteiger partial charge in [0.15, 0.2) is 0 Å². The summed E-state index contributed by atoms with van der Waals surface area (Å²) in [6.07, 6.45) is -0.488. The zero-order valence-corrected chi connectivity index (χ0v) is 19.7. The third-order valence-corrected chi connectivity index (χ3v) is 7.07. The number of hydrogen-bond acceptors (Lipinski definition) is 6. The number of fused-ring (bicyclic) bond motifs is 1. The van der Waals surface area contributed by atoms with Crippen LogP contribution in [0, 0.1) is 17.7 Å². The van der Waals surface area contributed by atoms with E-state index in [1.807, 2.05) is 0 Å². The molecule has 0 saturated carbocycles. The summed E-state index contributed by atoms with van der Waals surface area (Å²) in [5, 5.41) is 5.76. The minimum atomic E-state index is -0.651. The monoisotopic (exact) mass is 474 g/mol. The van der Waals surface area contributed by atoms with E-state index >= 15 is 0 Å². The molecule has 0 aliphatic carbocycles. The number of rotatable bonds is 4. The van der Waals surface area contributed by atoms with Gasteiger partial charge in [0.2, 0.25) is 17.7 Å². The lowest BCUT2D eigenvalue weighted by atomic mass is 9.79. The average Bonchev–Trinajstić information content (AvgIpc) is 2.81. The SMILES string of the molecule is CC(=O)N1CCN(C2C(C)CNC3C2C(=O)N(CC(=O)Nc2ccccc2F)C(=O)N3C)CC1. The van der Waals surface area contributed by atoms with Crippen LogP contribution in [0.2, 0.25) is 0 Å². The van der Waals surface area contributed by atoms with Crippen LogP contribution in [0.4, 0.5) is 14.9 Å². The largest absolute Gasteiger partial charge is 0.340 e. The quantitative estimate of drug-likeness (QED) is 0.654. The second-order valence-corrected chi connectivity index (χ2v) is 9.23. The van der Waals surface area contributed by atoms with Crippen LogP contribution < -0.4 is 10.6 Å². The van der Waals surface area contributed by atoms with Gasteiger partial charge < -0.3 is 15.1 Å². The number of benzene rings is 1. The van der Waals surface area contributed by atoms with E-state index in [9.17, 15) is 23.6 Å². The molecule has 0 bridgehead atoms. The Morgan fingerprint density at radius 2 is 1.82 bits per heavy atom. The molecule has 3 aliphatic rings. The molecule has 11 heteroatoms. The molecule has 2 N–H and O–H groups in total. The zero-order chi connectivity index (χ0) is 24.6. The minimum absolute atomic E-state index is 0.00943. The van der Waals surface area contributed by atoms with Gasteiger partial charge in [0, 0.05) is 52.7 Å². The lowest BCUT2D eigenvalue weighted by Gasteiger charge is -2.54. The van der Waals surface area contributed by atoms with Crippen LogP contribution in [0.1, 0.15) is 13.8 Å². The van der Waals surface area contributed by atoms with E-state index in [1.165, 1.54) is 23.1 Å². The smallest absolute Gasteiger partial charge is 0.328 e. The van der Waals surface area contributed by atoms with Crippen molar-refractivity contribution in [3.8, 4) is 0 Å². The van der Waals surface area contributed by atoms with Crippen LogP contribution in [0.3, 0.4) is 0 Å². The van der Waals surface area contributed by atoms with E-state index in [0.29, 0.717) is 32.7 Å². The molecule has 0 radical (unpaired) electrons. The normalized spacial score (nSPS) is 28.1. The molecule has 3 saturated heterocycles. The van der Waals surface area contributed by atoms with E-state index in [-0.39, 0.29) is 23.6 Å². The number of imide groups is 1.